The van der Waals surface area contributed by atoms with Gasteiger partial charge in [-0.25, -0.2) is 24.3 Å². The Balaban J connectivity index is 1.69. The summed E-state index contributed by atoms with van der Waals surface area (Å²) in [4.78, 5) is 17.9. The van der Waals surface area contributed by atoms with Gasteiger partial charge in [-0.05, 0) is 29.8 Å². The maximum Gasteiger partial charge on any atom is 0.336 e. The summed E-state index contributed by atoms with van der Waals surface area (Å²) in [6.07, 6.45) is 1.56. The zero-order valence-corrected chi connectivity index (χ0v) is 12.0. The molecule has 0 spiro atoms. The fourth-order valence-corrected chi connectivity index (χ4v) is 2.17. The van der Waals surface area contributed by atoms with Gasteiger partial charge in [0.25, 0.3) is 0 Å². The zero-order valence-electron chi connectivity index (χ0n) is 12.0. The lowest BCUT2D eigenvalue weighted by molar-refractivity contribution is 0.217. The third-order valence-corrected chi connectivity index (χ3v) is 3.35. The molecule has 1 aromatic heterocycles. The van der Waals surface area contributed by atoms with Crippen molar-refractivity contribution in [3.05, 3.63) is 66.2 Å². The van der Waals surface area contributed by atoms with Crippen LogP contribution >= 0.6 is 0 Å². The van der Waals surface area contributed by atoms with Gasteiger partial charge in [0, 0.05) is 13.6 Å². The van der Waals surface area contributed by atoms with Crippen LogP contribution in [0.25, 0.3) is 11.0 Å². The van der Waals surface area contributed by atoms with Crippen molar-refractivity contribution in [2.75, 3.05) is 12.5 Å². The Morgan fingerprint density at radius 1 is 1.23 bits per heavy atom. The lowest BCUT2D eigenvalue weighted by Crippen LogP contribution is -2.35. The molecule has 2 amide bonds. The molecule has 0 saturated carbocycles. The number of nitrogens with zero attached hydrogens (tertiary/aromatic N) is 3. The quantitative estimate of drug-likeness (QED) is 0.808. The Bertz CT molecular complexity index is 797. The summed E-state index contributed by atoms with van der Waals surface area (Å²) >= 11 is 0. The molecule has 3 aromatic rings. The number of imidazole rings is 1. The van der Waals surface area contributed by atoms with Crippen LogP contribution in [0.15, 0.2) is 54.9 Å². The van der Waals surface area contributed by atoms with Crippen molar-refractivity contribution in [1.82, 2.24) is 14.6 Å². The van der Waals surface area contributed by atoms with Crippen molar-refractivity contribution in [1.29, 1.82) is 0 Å². The Labute approximate surface area is 127 Å². The average Bonchev–Trinajstić information content (AvgIpc) is 2.93. The summed E-state index contributed by atoms with van der Waals surface area (Å²) in [6, 6.07) is 13.3. The van der Waals surface area contributed by atoms with E-state index in [1.165, 1.54) is 17.0 Å². The van der Waals surface area contributed by atoms with Crippen LogP contribution in [0.5, 0.6) is 0 Å². The molecule has 2 aromatic carbocycles. The van der Waals surface area contributed by atoms with E-state index in [0.717, 1.165) is 16.6 Å². The van der Waals surface area contributed by atoms with Crippen molar-refractivity contribution >= 4 is 17.1 Å². The van der Waals surface area contributed by atoms with Crippen LogP contribution in [-0.2, 0) is 6.54 Å². The fraction of sp³-hybridized carbons (Fsp3) is 0.125. The number of aromatic nitrogens is 2. The van der Waals surface area contributed by atoms with Gasteiger partial charge in [-0.1, -0.05) is 24.3 Å². The minimum atomic E-state index is -0.291. The first kappa shape index (κ1) is 14.1. The summed E-state index contributed by atoms with van der Waals surface area (Å²) in [7, 11) is 1.68. The monoisotopic (exact) mass is 298 g/mol. The molecule has 0 bridgehead atoms. The van der Waals surface area contributed by atoms with Gasteiger partial charge in [0.05, 0.1) is 11.0 Å². The highest BCUT2D eigenvalue weighted by molar-refractivity contribution is 5.84. The molecule has 22 heavy (non-hydrogen) atoms. The van der Waals surface area contributed by atoms with E-state index < -0.39 is 0 Å². The second-order valence-corrected chi connectivity index (χ2v) is 5.00. The smallest absolute Gasteiger partial charge is 0.322 e. The van der Waals surface area contributed by atoms with E-state index in [0.29, 0.717) is 6.54 Å². The highest BCUT2D eigenvalue weighted by atomic mass is 19.1. The van der Waals surface area contributed by atoms with Crippen molar-refractivity contribution in [2.45, 2.75) is 6.54 Å². The highest BCUT2D eigenvalue weighted by Gasteiger charge is 2.11. The molecule has 0 radical (unpaired) electrons. The van der Waals surface area contributed by atoms with Gasteiger partial charge in [-0.15, -0.1) is 0 Å². The Kier molecular flexibility index (Phi) is 3.74. The molecule has 0 aliphatic heterocycles. The molecule has 5 nitrogen and oxygen atoms in total. The maximum absolute atomic E-state index is 12.9. The standard InChI is InChI=1S/C16H15FN4O/c1-20(10-12-6-8-13(17)9-7-12)16(22)19-21-11-18-14-4-2-3-5-15(14)21/h2-9,11H,10H2,1H3,(H,19,22). The molecule has 0 saturated heterocycles. The van der Waals surface area contributed by atoms with Crippen molar-refractivity contribution in [3.8, 4) is 0 Å². The molecule has 1 N–H and O–H groups in total. The Hall–Kier alpha value is -2.89. The average molecular weight is 298 g/mol. The van der Waals surface area contributed by atoms with Crippen LogP contribution in [0.3, 0.4) is 0 Å². The summed E-state index contributed by atoms with van der Waals surface area (Å²) in [5.74, 6) is -0.291. The maximum atomic E-state index is 12.9. The van der Waals surface area contributed by atoms with Crippen molar-refractivity contribution < 1.29 is 9.18 Å². The van der Waals surface area contributed by atoms with Gasteiger partial charge >= 0.3 is 6.03 Å². The van der Waals surface area contributed by atoms with Gasteiger partial charge in [-0.3, -0.25) is 0 Å². The number of rotatable bonds is 3. The molecule has 1 heterocycles. The lowest BCUT2D eigenvalue weighted by Gasteiger charge is -2.18. The lowest BCUT2D eigenvalue weighted by atomic mass is 10.2. The topological polar surface area (TPSA) is 50.2 Å². The van der Waals surface area contributed by atoms with E-state index in [9.17, 15) is 9.18 Å². The second kappa shape index (κ2) is 5.85. The first-order valence-electron chi connectivity index (χ1n) is 6.82. The number of para-hydroxylation sites is 2. The van der Waals surface area contributed by atoms with E-state index in [2.05, 4.69) is 10.4 Å². The van der Waals surface area contributed by atoms with Crippen LogP contribution in [0.1, 0.15) is 5.56 Å². The Morgan fingerprint density at radius 3 is 2.73 bits per heavy atom. The van der Waals surface area contributed by atoms with Crippen LogP contribution in [0, 0.1) is 5.82 Å². The predicted octanol–water partition coefficient (Wildman–Crippen LogP) is 2.97. The van der Waals surface area contributed by atoms with E-state index in [4.69, 9.17) is 0 Å². The number of carbonyl (C=O) groups is 1. The van der Waals surface area contributed by atoms with Crippen molar-refractivity contribution in [3.63, 3.8) is 0 Å². The summed E-state index contributed by atoms with van der Waals surface area (Å²) in [5, 5.41) is 0. The molecule has 0 fully saturated rings. The third-order valence-electron chi connectivity index (χ3n) is 3.35. The van der Waals surface area contributed by atoms with E-state index >= 15 is 0 Å². The first-order chi connectivity index (χ1) is 10.6. The minimum absolute atomic E-state index is 0.271. The number of urea groups is 1. The predicted molar refractivity (Wildman–Crippen MR) is 82.4 cm³/mol. The normalized spacial score (nSPS) is 10.6. The number of halogens is 1. The molecule has 6 heteroatoms. The largest absolute Gasteiger partial charge is 0.336 e. The number of nitrogens with one attached hydrogen (secondary N) is 1. The molecule has 3 rings (SSSR count). The molecular weight excluding hydrogens is 283 g/mol. The highest BCUT2D eigenvalue weighted by Crippen LogP contribution is 2.11. The van der Waals surface area contributed by atoms with E-state index in [1.807, 2.05) is 24.3 Å². The van der Waals surface area contributed by atoms with Gasteiger partial charge in [-0.2, -0.15) is 0 Å². The Morgan fingerprint density at radius 2 is 1.95 bits per heavy atom. The molecule has 0 aliphatic carbocycles. The van der Waals surface area contributed by atoms with Gasteiger partial charge in [0.1, 0.15) is 12.1 Å². The second-order valence-electron chi connectivity index (χ2n) is 5.00. The molecular formula is C16H15FN4O. The summed E-state index contributed by atoms with van der Waals surface area (Å²) < 4.78 is 14.5. The van der Waals surface area contributed by atoms with Gasteiger partial charge in [0.2, 0.25) is 0 Å². The van der Waals surface area contributed by atoms with E-state index in [-0.39, 0.29) is 11.8 Å². The van der Waals surface area contributed by atoms with Gasteiger partial charge < -0.3 is 4.90 Å². The number of amides is 2. The molecule has 112 valence electrons. The zero-order chi connectivity index (χ0) is 15.5. The van der Waals surface area contributed by atoms with Crippen LogP contribution in [-0.4, -0.2) is 27.6 Å². The summed E-state index contributed by atoms with van der Waals surface area (Å²) in [5.41, 5.74) is 5.25. The molecule has 0 unspecified atom stereocenters. The van der Waals surface area contributed by atoms with Crippen LogP contribution in [0.2, 0.25) is 0 Å². The molecule has 0 atom stereocenters. The minimum Gasteiger partial charge on any atom is -0.322 e. The summed E-state index contributed by atoms with van der Waals surface area (Å²) in [6.45, 7) is 0.388. The first-order valence-corrected chi connectivity index (χ1v) is 6.82. The van der Waals surface area contributed by atoms with Crippen molar-refractivity contribution in [2.24, 2.45) is 0 Å². The van der Waals surface area contributed by atoms with Gasteiger partial charge in [0.15, 0.2) is 0 Å². The number of benzene rings is 2. The number of fused-ring (bicyclic) bond motifs is 1. The SMILES string of the molecule is CN(Cc1ccc(F)cc1)C(=O)Nn1cnc2ccccc21. The number of carbonyl (C=O) groups excluding carboxylic acids is 1. The third kappa shape index (κ3) is 2.90. The molecule has 0 aliphatic rings. The fourth-order valence-electron chi connectivity index (χ4n) is 2.17. The van der Waals surface area contributed by atoms with Crippen LogP contribution in [0.4, 0.5) is 9.18 Å². The number of hydrogen-bond donors (Lipinski definition) is 1. The van der Waals surface area contributed by atoms with Crippen LogP contribution < -0.4 is 5.43 Å². The number of hydrogen-bond acceptors (Lipinski definition) is 2. The van der Waals surface area contributed by atoms with E-state index in [1.54, 1.807) is 30.2 Å².